The van der Waals surface area contributed by atoms with E-state index in [9.17, 15) is 14.9 Å². The van der Waals surface area contributed by atoms with Crippen LogP contribution in [0.15, 0.2) is 0 Å². The highest BCUT2D eigenvalue weighted by molar-refractivity contribution is 5.77. The van der Waals surface area contributed by atoms with E-state index >= 15 is 0 Å². The molecule has 0 saturated heterocycles. The molecule has 1 aromatic heterocycles. The minimum atomic E-state index is -0.436. The number of aryl methyl sites for hydroxylation is 2. The van der Waals surface area contributed by atoms with Crippen LogP contribution in [-0.2, 0) is 23.0 Å². The lowest BCUT2D eigenvalue weighted by molar-refractivity contribution is -0.384. The third-order valence-electron chi connectivity index (χ3n) is 3.00. The number of ether oxygens (including phenoxy) is 1. The van der Waals surface area contributed by atoms with Crippen LogP contribution < -0.4 is 4.90 Å². The number of nitro groups is 1. The second-order valence-electron chi connectivity index (χ2n) is 4.58. The predicted octanol–water partition coefficient (Wildman–Crippen LogP) is 1.67. The molecule has 0 spiro atoms. The molecule has 1 rings (SSSR count). The average Bonchev–Trinajstić information content (AvgIpc) is 2.75. The molecule has 0 aliphatic heterocycles. The van der Waals surface area contributed by atoms with Crippen LogP contribution in [0.25, 0.3) is 0 Å². The largest absolute Gasteiger partial charge is 0.465 e. The lowest BCUT2D eigenvalue weighted by atomic mass is 10.2. The Morgan fingerprint density at radius 2 is 2.10 bits per heavy atom. The monoisotopic (exact) mass is 298 g/mol. The number of aromatic nitrogens is 2. The molecule has 21 heavy (non-hydrogen) atoms. The van der Waals surface area contributed by atoms with E-state index in [4.69, 9.17) is 4.74 Å². The molecule has 0 radical (unpaired) electrons. The molecule has 1 heterocycles. The zero-order chi connectivity index (χ0) is 16.0. The van der Waals surface area contributed by atoms with Gasteiger partial charge in [-0.3, -0.25) is 14.9 Å². The first-order valence-electron chi connectivity index (χ1n) is 7.06. The van der Waals surface area contributed by atoms with E-state index < -0.39 is 10.9 Å². The van der Waals surface area contributed by atoms with Crippen LogP contribution in [0.2, 0.25) is 0 Å². The van der Waals surface area contributed by atoms with Gasteiger partial charge in [0.15, 0.2) is 0 Å². The molecule has 0 bridgehead atoms. The maximum atomic E-state index is 11.7. The van der Waals surface area contributed by atoms with E-state index in [0.29, 0.717) is 24.5 Å². The highest BCUT2D eigenvalue weighted by atomic mass is 16.6. The quantitative estimate of drug-likeness (QED) is 0.412. The van der Waals surface area contributed by atoms with Gasteiger partial charge >= 0.3 is 11.7 Å². The minimum Gasteiger partial charge on any atom is -0.465 e. The summed E-state index contributed by atoms with van der Waals surface area (Å²) < 4.78 is 6.40. The Balaban J connectivity index is 3.21. The number of carbonyl (C=O) groups is 1. The molecule has 8 nitrogen and oxygen atoms in total. The highest BCUT2D eigenvalue weighted by Gasteiger charge is 2.30. The zero-order valence-electron chi connectivity index (χ0n) is 13.0. The van der Waals surface area contributed by atoms with Gasteiger partial charge in [0.2, 0.25) is 5.82 Å². The van der Waals surface area contributed by atoms with Crippen molar-refractivity contribution in [3.63, 3.8) is 0 Å². The third-order valence-corrected chi connectivity index (χ3v) is 3.00. The Kier molecular flexibility index (Phi) is 6.13. The van der Waals surface area contributed by atoms with Gasteiger partial charge in [0.1, 0.15) is 12.2 Å². The second-order valence-corrected chi connectivity index (χ2v) is 4.58. The summed E-state index contributed by atoms with van der Waals surface area (Å²) in [4.78, 5) is 24.3. The third kappa shape index (κ3) is 3.93. The minimum absolute atomic E-state index is 0.0226. The number of rotatable bonds is 8. The summed E-state index contributed by atoms with van der Waals surface area (Å²) in [5.41, 5.74) is 0.389. The number of hydrogen-bond donors (Lipinski definition) is 0. The molecule has 0 amide bonds. The zero-order valence-corrected chi connectivity index (χ0v) is 13.0. The van der Waals surface area contributed by atoms with Crippen molar-refractivity contribution in [1.82, 2.24) is 9.78 Å². The second kappa shape index (κ2) is 7.61. The van der Waals surface area contributed by atoms with Gasteiger partial charge in [-0.05, 0) is 19.8 Å². The van der Waals surface area contributed by atoms with Crippen LogP contribution in [0.3, 0.4) is 0 Å². The first-order valence-corrected chi connectivity index (χ1v) is 7.06. The molecule has 0 aromatic carbocycles. The number of nitrogens with zero attached hydrogens (tertiary/aromatic N) is 4. The van der Waals surface area contributed by atoms with Crippen LogP contribution in [0, 0.1) is 10.1 Å². The summed E-state index contributed by atoms with van der Waals surface area (Å²) in [6, 6.07) is 0. The summed E-state index contributed by atoms with van der Waals surface area (Å²) >= 11 is 0. The van der Waals surface area contributed by atoms with Crippen molar-refractivity contribution in [2.75, 3.05) is 24.6 Å². The summed E-state index contributed by atoms with van der Waals surface area (Å²) in [5.74, 6) is -0.0498. The van der Waals surface area contributed by atoms with Crippen molar-refractivity contribution in [3.8, 4) is 0 Å². The van der Waals surface area contributed by atoms with Crippen molar-refractivity contribution in [3.05, 3.63) is 15.8 Å². The van der Waals surface area contributed by atoms with Crippen LogP contribution in [0.1, 0.15) is 32.9 Å². The molecule has 0 aliphatic rings. The molecular weight excluding hydrogens is 276 g/mol. The predicted molar refractivity (Wildman–Crippen MR) is 78.4 cm³/mol. The van der Waals surface area contributed by atoms with Crippen molar-refractivity contribution < 1.29 is 14.5 Å². The van der Waals surface area contributed by atoms with Crippen LogP contribution in [0.5, 0.6) is 0 Å². The first-order chi connectivity index (χ1) is 9.96. The molecule has 118 valence electrons. The highest BCUT2D eigenvalue weighted by Crippen LogP contribution is 2.31. The van der Waals surface area contributed by atoms with Gasteiger partial charge in [0.25, 0.3) is 0 Å². The van der Waals surface area contributed by atoms with Gasteiger partial charge in [-0.15, -0.1) is 0 Å². The van der Waals surface area contributed by atoms with Gasteiger partial charge in [0.05, 0.1) is 11.5 Å². The summed E-state index contributed by atoms with van der Waals surface area (Å²) in [7, 11) is 1.65. The molecule has 0 atom stereocenters. The fraction of sp³-hybridized carbons (Fsp3) is 0.692. The Morgan fingerprint density at radius 3 is 2.57 bits per heavy atom. The summed E-state index contributed by atoms with van der Waals surface area (Å²) in [5, 5.41) is 15.5. The molecule has 0 saturated carbocycles. The summed E-state index contributed by atoms with van der Waals surface area (Å²) in [6.07, 6.45) is 1.22. The van der Waals surface area contributed by atoms with Crippen LogP contribution >= 0.6 is 0 Å². The number of hydrogen-bond acceptors (Lipinski definition) is 6. The Hall–Kier alpha value is -2.12. The topological polar surface area (TPSA) is 90.5 Å². The van der Waals surface area contributed by atoms with E-state index in [-0.39, 0.29) is 18.8 Å². The van der Waals surface area contributed by atoms with Gasteiger partial charge < -0.3 is 9.64 Å². The van der Waals surface area contributed by atoms with Crippen molar-refractivity contribution in [2.24, 2.45) is 7.05 Å². The maximum absolute atomic E-state index is 11.7. The molecular formula is C13H22N4O4. The maximum Gasteiger partial charge on any atom is 0.334 e. The fourth-order valence-corrected chi connectivity index (χ4v) is 2.23. The van der Waals surface area contributed by atoms with Crippen molar-refractivity contribution >= 4 is 17.5 Å². The smallest absolute Gasteiger partial charge is 0.334 e. The van der Waals surface area contributed by atoms with E-state index in [2.05, 4.69) is 5.10 Å². The molecule has 0 fully saturated rings. The lowest BCUT2D eigenvalue weighted by Crippen LogP contribution is -2.33. The Labute approximate surface area is 123 Å². The number of anilines is 1. The van der Waals surface area contributed by atoms with E-state index in [0.717, 1.165) is 6.42 Å². The SMILES string of the molecule is CCCN(CC(=O)OCC)c1c([N+](=O)[O-])c(CC)nn1C. The Bertz CT molecular complexity index is 513. The number of carbonyl (C=O) groups excluding carboxylic acids is 1. The summed E-state index contributed by atoms with van der Waals surface area (Å²) in [6.45, 7) is 6.26. The first kappa shape index (κ1) is 16.9. The molecule has 8 heteroatoms. The van der Waals surface area contributed by atoms with Crippen molar-refractivity contribution in [1.29, 1.82) is 0 Å². The van der Waals surface area contributed by atoms with Crippen molar-refractivity contribution in [2.45, 2.75) is 33.6 Å². The Morgan fingerprint density at radius 1 is 1.43 bits per heavy atom. The van der Waals surface area contributed by atoms with E-state index in [1.165, 1.54) is 4.68 Å². The van der Waals surface area contributed by atoms with Gasteiger partial charge in [-0.2, -0.15) is 5.10 Å². The van der Waals surface area contributed by atoms with E-state index in [1.807, 2.05) is 13.8 Å². The van der Waals surface area contributed by atoms with E-state index in [1.54, 1.807) is 18.9 Å². The molecule has 0 N–H and O–H groups in total. The lowest BCUT2D eigenvalue weighted by Gasteiger charge is -2.22. The average molecular weight is 298 g/mol. The number of esters is 1. The molecule has 0 unspecified atom stereocenters. The molecule has 0 aliphatic carbocycles. The van der Waals surface area contributed by atoms with Crippen LogP contribution in [0.4, 0.5) is 11.5 Å². The van der Waals surface area contributed by atoms with Gasteiger partial charge in [0, 0.05) is 13.6 Å². The fourth-order valence-electron chi connectivity index (χ4n) is 2.23. The standard InChI is InChI=1S/C13H22N4O4/c1-5-8-16(9-11(18)21-7-3)13-12(17(19)20)10(6-2)14-15(13)4/h5-9H2,1-4H3. The van der Waals surface area contributed by atoms with Gasteiger partial charge in [-0.25, -0.2) is 4.68 Å². The molecule has 1 aromatic rings. The normalized spacial score (nSPS) is 10.5. The van der Waals surface area contributed by atoms with Crippen LogP contribution in [-0.4, -0.2) is 40.4 Å². The van der Waals surface area contributed by atoms with Gasteiger partial charge in [-0.1, -0.05) is 13.8 Å².